The zero-order valence-electron chi connectivity index (χ0n) is 9.62. The van der Waals surface area contributed by atoms with Crippen molar-refractivity contribution in [2.24, 2.45) is 5.73 Å². The first-order chi connectivity index (χ1) is 7.86. The van der Waals surface area contributed by atoms with Gasteiger partial charge in [0.25, 0.3) is 5.91 Å². The lowest BCUT2D eigenvalue weighted by atomic mass is 10.5. The van der Waals surface area contributed by atoms with Crippen LogP contribution in [0.15, 0.2) is 6.20 Å². The fraction of sp³-hybridized carbons (Fsp3) is 0.625. The van der Waals surface area contributed by atoms with Crippen LogP contribution in [0.25, 0.3) is 0 Å². The minimum Gasteiger partial charge on any atom is -0.329 e. The molecular weight excluding hydrogens is 246 g/mol. The molecule has 1 aromatic rings. The van der Waals surface area contributed by atoms with Gasteiger partial charge in [-0.3, -0.25) is 9.48 Å². The number of sulfonamides is 1. The number of nitrogens with two attached hydrogens (primary N) is 1. The van der Waals surface area contributed by atoms with Crippen molar-refractivity contribution < 1.29 is 13.2 Å². The molecule has 0 unspecified atom stereocenters. The second-order valence-electron chi connectivity index (χ2n) is 3.68. The van der Waals surface area contributed by atoms with E-state index in [1.807, 2.05) is 4.72 Å². The highest BCUT2D eigenvalue weighted by molar-refractivity contribution is 7.90. The van der Waals surface area contributed by atoms with Crippen molar-refractivity contribution in [2.75, 3.05) is 6.54 Å². The fourth-order valence-corrected chi connectivity index (χ4v) is 1.54. The van der Waals surface area contributed by atoms with E-state index in [0.29, 0.717) is 13.1 Å². The Bertz CT molecular complexity index is 493. The van der Waals surface area contributed by atoms with Crippen molar-refractivity contribution in [3.8, 4) is 0 Å². The second-order valence-corrected chi connectivity index (χ2v) is 5.92. The topological polar surface area (TPSA) is 120 Å². The molecule has 0 aliphatic rings. The molecule has 0 aromatic carbocycles. The molecule has 1 rings (SSSR count). The summed E-state index contributed by atoms with van der Waals surface area (Å²) in [5, 5.41) is 6.50. The maximum absolute atomic E-state index is 11.5. The monoisotopic (exact) mass is 261 g/mol. The summed E-state index contributed by atoms with van der Waals surface area (Å²) in [6.07, 6.45) is 1.35. The van der Waals surface area contributed by atoms with Crippen LogP contribution in [0.5, 0.6) is 0 Å². The summed E-state index contributed by atoms with van der Waals surface area (Å²) in [4.78, 5) is 11.5. The van der Waals surface area contributed by atoms with Gasteiger partial charge < -0.3 is 5.73 Å². The quantitative estimate of drug-likeness (QED) is 0.680. The number of amides is 1. The Labute approximate surface area is 99.2 Å². The predicted molar refractivity (Wildman–Crippen MR) is 60.6 cm³/mol. The van der Waals surface area contributed by atoms with E-state index >= 15 is 0 Å². The predicted octanol–water partition coefficient (Wildman–Crippen LogP) is -1.30. The molecule has 0 saturated heterocycles. The van der Waals surface area contributed by atoms with Crippen LogP contribution in [0.2, 0.25) is 0 Å². The summed E-state index contributed by atoms with van der Waals surface area (Å²) < 4.78 is 26.2. The van der Waals surface area contributed by atoms with Gasteiger partial charge in [-0.15, -0.1) is 5.10 Å². The van der Waals surface area contributed by atoms with Gasteiger partial charge in [-0.2, -0.15) is 0 Å². The van der Waals surface area contributed by atoms with E-state index in [9.17, 15) is 13.2 Å². The average molecular weight is 261 g/mol. The molecule has 1 amide bonds. The van der Waals surface area contributed by atoms with E-state index < -0.39 is 21.2 Å². The zero-order valence-corrected chi connectivity index (χ0v) is 10.4. The largest absolute Gasteiger partial charge is 0.329 e. The number of aromatic nitrogens is 3. The Morgan fingerprint density at radius 3 is 2.76 bits per heavy atom. The molecule has 0 bridgehead atoms. The molecular formula is C8H15N5O3S. The first kappa shape index (κ1) is 13.6. The van der Waals surface area contributed by atoms with E-state index in [4.69, 9.17) is 5.73 Å². The van der Waals surface area contributed by atoms with Crippen LogP contribution in [0, 0.1) is 0 Å². The first-order valence-electron chi connectivity index (χ1n) is 5.03. The standard InChI is InChI=1S/C8H15N5O3S/c1-6(2)17(15,16)11-8(14)7-5-13(4-3-9)12-10-7/h5-6H,3-4,9H2,1-2H3,(H,11,14). The molecule has 0 fully saturated rings. The number of carbonyl (C=O) groups excluding carboxylic acids is 1. The van der Waals surface area contributed by atoms with Crippen LogP contribution < -0.4 is 10.5 Å². The van der Waals surface area contributed by atoms with Gasteiger partial charge in [-0.1, -0.05) is 5.21 Å². The van der Waals surface area contributed by atoms with Crippen molar-refractivity contribution in [1.82, 2.24) is 19.7 Å². The van der Waals surface area contributed by atoms with E-state index in [1.165, 1.54) is 24.7 Å². The van der Waals surface area contributed by atoms with Gasteiger partial charge >= 0.3 is 0 Å². The van der Waals surface area contributed by atoms with Gasteiger partial charge in [-0.25, -0.2) is 13.1 Å². The highest BCUT2D eigenvalue weighted by Gasteiger charge is 2.21. The van der Waals surface area contributed by atoms with Crippen molar-refractivity contribution in [1.29, 1.82) is 0 Å². The minimum atomic E-state index is -3.65. The van der Waals surface area contributed by atoms with E-state index in [2.05, 4.69) is 10.3 Å². The number of rotatable bonds is 5. The number of nitrogens with zero attached hydrogens (tertiary/aromatic N) is 3. The van der Waals surface area contributed by atoms with Crippen LogP contribution in [-0.2, 0) is 16.6 Å². The Hall–Kier alpha value is -1.48. The number of hydrogen-bond acceptors (Lipinski definition) is 6. The molecule has 1 heterocycles. The first-order valence-corrected chi connectivity index (χ1v) is 6.57. The van der Waals surface area contributed by atoms with Crippen LogP contribution in [0.3, 0.4) is 0 Å². The summed E-state index contributed by atoms with van der Waals surface area (Å²) in [5.41, 5.74) is 5.25. The van der Waals surface area contributed by atoms with E-state index in [-0.39, 0.29) is 5.69 Å². The lowest BCUT2D eigenvalue weighted by Gasteiger charge is -2.07. The van der Waals surface area contributed by atoms with E-state index in [1.54, 1.807) is 0 Å². The SMILES string of the molecule is CC(C)S(=O)(=O)NC(=O)c1cn(CCN)nn1. The smallest absolute Gasteiger partial charge is 0.286 e. The molecule has 0 radical (unpaired) electrons. The zero-order chi connectivity index (χ0) is 13.1. The lowest BCUT2D eigenvalue weighted by Crippen LogP contribution is -2.36. The Balaban J connectivity index is 2.77. The molecule has 0 aliphatic heterocycles. The van der Waals surface area contributed by atoms with Gasteiger partial charge in [0.05, 0.1) is 18.0 Å². The van der Waals surface area contributed by atoms with Gasteiger partial charge in [0, 0.05) is 6.54 Å². The van der Waals surface area contributed by atoms with Crippen molar-refractivity contribution in [3.63, 3.8) is 0 Å². The molecule has 3 N–H and O–H groups in total. The van der Waals surface area contributed by atoms with Crippen LogP contribution in [0.4, 0.5) is 0 Å². The van der Waals surface area contributed by atoms with Gasteiger partial charge in [0.2, 0.25) is 10.0 Å². The van der Waals surface area contributed by atoms with Gasteiger partial charge in [0.15, 0.2) is 5.69 Å². The average Bonchev–Trinajstić information content (AvgIpc) is 2.66. The fourth-order valence-electron chi connectivity index (χ4n) is 0.943. The summed E-state index contributed by atoms with van der Waals surface area (Å²) in [5.74, 6) is -0.790. The van der Waals surface area contributed by atoms with Crippen molar-refractivity contribution >= 4 is 15.9 Å². The number of nitrogens with one attached hydrogen (secondary N) is 1. The second kappa shape index (κ2) is 5.23. The molecule has 9 heteroatoms. The third-order valence-corrected chi connectivity index (χ3v) is 3.70. The highest BCUT2D eigenvalue weighted by atomic mass is 32.2. The summed E-state index contributed by atoms with van der Waals surface area (Å²) in [7, 11) is -3.65. The van der Waals surface area contributed by atoms with Crippen LogP contribution in [-0.4, -0.2) is 41.1 Å². The maximum atomic E-state index is 11.5. The maximum Gasteiger partial charge on any atom is 0.286 e. The Morgan fingerprint density at radius 1 is 1.59 bits per heavy atom. The molecule has 0 aliphatic carbocycles. The molecule has 1 aromatic heterocycles. The Kier molecular flexibility index (Phi) is 4.18. The number of carbonyl (C=O) groups is 1. The highest BCUT2D eigenvalue weighted by Crippen LogP contribution is 1.99. The van der Waals surface area contributed by atoms with Gasteiger partial charge in [0.1, 0.15) is 0 Å². The number of hydrogen-bond donors (Lipinski definition) is 2. The summed E-state index contributed by atoms with van der Waals surface area (Å²) in [6.45, 7) is 3.72. The third-order valence-electron chi connectivity index (χ3n) is 1.99. The molecule has 17 heavy (non-hydrogen) atoms. The van der Waals surface area contributed by atoms with Crippen molar-refractivity contribution in [3.05, 3.63) is 11.9 Å². The molecule has 96 valence electrons. The minimum absolute atomic E-state index is 0.0531. The van der Waals surface area contributed by atoms with Crippen LogP contribution >= 0.6 is 0 Å². The van der Waals surface area contributed by atoms with Crippen molar-refractivity contribution in [2.45, 2.75) is 25.6 Å². The lowest BCUT2D eigenvalue weighted by molar-refractivity contribution is 0.0976. The summed E-state index contributed by atoms with van der Waals surface area (Å²) in [6, 6.07) is 0. The molecule has 0 spiro atoms. The Morgan fingerprint density at radius 2 is 2.24 bits per heavy atom. The van der Waals surface area contributed by atoms with E-state index in [0.717, 1.165) is 0 Å². The summed E-state index contributed by atoms with van der Waals surface area (Å²) >= 11 is 0. The molecule has 8 nitrogen and oxygen atoms in total. The van der Waals surface area contributed by atoms with Crippen LogP contribution in [0.1, 0.15) is 24.3 Å². The normalized spacial score (nSPS) is 11.8. The molecule has 0 saturated carbocycles. The molecule has 0 atom stereocenters. The van der Waals surface area contributed by atoms with Gasteiger partial charge in [-0.05, 0) is 13.8 Å². The third kappa shape index (κ3) is 3.49.